The maximum Gasteiger partial charge on any atom is 0.123 e. The van der Waals surface area contributed by atoms with Crippen LogP contribution in [-0.4, -0.2) is 18.1 Å². The van der Waals surface area contributed by atoms with Gasteiger partial charge in [0.15, 0.2) is 0 Å². The van der Waals surface area contributed by atoms with E-state index >= 15 is 0 Å². The number of hydrogen-bond donors (Lipinski definition) is 1. The highest BCUT2D eigenvalue weighted by atomic mass is 32.2. The SMILES string of the molecule is CSCCCC(C#N)Nc1ccc(F)cc1. The van der Waals surface area contributed by atoms with Gasteiger partial charge in [0.05, 0.1) is 6.07 Å². The number of nitriles is 1. The predicted molar refractivity (Wildman–Crippen MR) is 67.0 cm³/mol. The summed E-state index contributed by atoms with van der Waals surface area (Å²) in [5.41, 5.74) is 0.789. The van der Waals surface area contributed by atoms with Crippen molar-refractivity contribution in [2.75, 3.05) is 17.3 Å². The minimum atomic E-state index is -0.263. The Labute approximate surface area is 99.9 Å². The van der Waals surface area contributed by atoms with Crippen LogP contribution in [0.25, 0.3) is 0 Å². The fraction of sp³-hybridized carbons (Fsp3) is 0.417. The van der Waals surface area contributed by atoms with Crippen LogP contribution in [0.4, 0.5) is 10.1 Å². The van der Waals surface area contributed by atoms with Crippen LogP contribution in [0.5, 0.6) is 0 Å². The molecule has 0 aliphatic heterocycles. The van der Waals surface area contributed by atoms with Gasteiger partial charge in [-0.2, -0.15) is 17.0 Å². The van der Waals surface area contributed by atoms with Crippen LogP contribution in [0.3, 0.4) is 0 Å². The van der Waals surface area contributed by atoms with Gasteiger partial charge >= 0.3 is 0 Å². The molecule has 0 radical (unpaired) electrons. The molecule has 0 amide bonds. The fourth-order valence-corrected chi connectivity index (χ4v) is 1.80. The Kier molecular flexibility index (Phi) is 5.73. The summed E-state index contributed by atoms with van der Waals surface area (Å²) in [4.78, 5) is 0. The topological polar surface area (TPSA) is 35.8 Å². The molecule has 0 heterocycles. The minimum absolute atomic E-state index is 0.197. The zero-order chi connectivity index (χ0) is 11.8. The van der Waals surface area contributed by atoms with Gasteiger partial charge in [0.25, 0.3) is 0 Å². The molecule has 2 nitrogen and oxygen atoms in total. The first-order valence-corrected chi connectivity index (χ1v) is 6.56. The number of benzene rings is 1. The Hall–Kier alpha value is -1.21. The molecule has 0 aromatic heterocycles. The first kappa shape index (κ1) is 12.9. The van der Waals surface area contributed by atoms with E-state index in [1.165, 1.54) is 12.1 Å². The third-order valence-electron chi connectivity index (χ3n) is 2.18. The van der Waals surface area contributed by atoms with Gasteiger partial charge in [0, 0.05) is 5.69 Å². The summed E-state index contributed by atoms with van der Waals surface area (Å²) < 4.78 is 12.7. The second kappa shape index (κ2) is 7.13. The number of hydrogen-bond acceptors (Lipinski definition) is 3. The van der Waals surface area contributed by atoms with Crippen LogP contribution >= 0.6 is 11.8 Å². The molecule has 4 heteroatoms. The summed E-state index contributed by atoms with van der Waals surface area (Å²) in [5, 5.41) is 12.0. The molecule has 0 spiro atoms. The summed E-state index contributed by atoms with van der Waals surface area (Å²) in [7, 11) is 0. The van der Waals surface area contributed by atoms with E-state index in [4.69, 9.17) is 5.26 Å². The van der Waals surface area contributed by atoms with E-state index in [1.807, 2.05) is 0 Å². The first-order chi connectivity index (χ1) is 7.76. The molecule has 0 aliphatic carbocycles. The first-order valence-electron chi connectivity index (χ1n) is 5.17. The second-order valence-electron chi connectivity index (χ2n) is 3.47. The monoisotopic (exact) mass is 238 g/mol. The number of thioether (sulfide) groups is 1. The summed E-state index contributed by atoms with van der Waals surface area (Å²) >= 11 is 1.78. The van der Waals surface area contributed by atoms with Crippen LogP contribution in [0.2, 0.25) is 0 Å². The molecule has 0 saturated carbocycles. The third-order valence-corrected chi connectivity index (χ3v) is 2.88. The molecule has 0 saturated heterocycles. The van der Waals surface area contributed by atoms with Crippen LogP contribution in [0, 0.1) is 17.1 Å². The highest BCUT2D eigenvalue weighted by molar-refractivity contribution is 7.98. The second-order valence-corrected chi connectivity index (χ2v) is 4.45. The van der Waals surface area contributed by atoms with Gasteiger partial charge in [-0.1, -0.05) is 0 Å². The Bertz CT molecular complexity index is 345. The average Bonchev–Trinajstić information content (AvgIpc) is 2.31. The molecule has 1 rings (SSSR count). The highest BCUT2D eigenvalue weighted by Crippen LogP contribution is 2.12. The quantitative estimate of drug-likeness (QED) is 0.773. The largest absolute Gasteiger partial charge is 0.370 e. The molecule has 0 bridgehead atoms. The van der Waals surface area contributed by atoms with E-state index in [9.17, 15) is 4.39 Å². The highest BCUT2D eigenvalue weighted by Gasteiger charge is 2.06. The van der Waals surface area contributed by atoms with E-state index in [0.29, 0.717) is 0 Å². The molecule has 0 aliphatic rings. The molecule has 86 valence electrons. The average molecular weight is 238 g/mol. The Balaban J connectivity index is 2.44. The van der Waals surface area contributed by atoms with Crippen molar-refractivity contribution in [3.63, 3.8) is 0 Å². The van der Waals surface area contributed by atoms with E-state index < -0.39 is 0 Å². The summed E-state index contributed by atoms with van der Waals surface area (Å²) in [6.07, 6.45) is 3.87. The molecular weight excluding hydrogens is 223 g/mol. The van der Waals surface area contributed by atoms with Crippen LogP contribution in [-0.2, 0) is 0 Å². The summed E-state index contributed by atoms with van der Waals surface area (Å²) in [6, 6.07) is 8.08. The third kappa shape index (κ3) is 4.54. The lowest BCUT2D eigenvalue weighted by molar-refractivity contribution is 0.628. The van der Waals surface area contributed by atoms with E-state index in [-0.39, 0.29) is 11.9 Å². The van der Waals surface area contributed by atoms with Gasteiger partial charge in [0.2, 0.25) is 0 Å². The van der Waals surface area contributed by atoms with Crippen molar-refractivity contribution in [2.45, 2.75) is 18.9 Å². The van der Waals surface area contributed by atoms with E-state index in [1.54, 1.807) is 23.9 Å². The number of halogens is 1. The summed E-state index contributed by atoms with van der Waals surface area (Å²) in [6.45, 7) is 0. The minimum Gasteiger partial charge on any atom is -0.370 e. The van der Waals surface area contributed by atoms with Gasteiger partial charge in [-0.3, -0.25) is 0 Å². The van der Waals surface area contributed by atoms with Crippen molar-refractivity contribution in [3.8, 4) is 6.07 Å². The van der Waals surface area contributed by atoms with Crippen LogP contribution in [0.1, 0.15) is 12.8 Å². The fourth-order valence-electron chi connectivity index (χ4n) is 1.35. The standard InChI is InChI=1S/C12H15FN2S/c1-16-8-2-3-12(9-14)15-11-6-4-10(13)5-7-11/h4-7,12,15H,2-3,8H2,1H3. The van der Waals surface area contributed by atoms with Gasteiger partial charge < -0.3 is 5.32 Å². The smallest absolute Gasteiger partial charge is 0.123 e. The van der Waals surface area contributed by atoms with E-state index in [0.717, 1.165) is 24.3 Å². The molecule has 1 atom stereocenters. The molecule has 1 unspecified atom stereocenters. The van der Waals surface area contributed by atoms with Crippen molar-refractivity contribution in [1.82, 2.24) is 0 Å². The Morgan fingerprint density at radius 2 is 2.12 bits per heavy atom. The Morgan fingerprint density at radius 1 is 1.44 bits per heavy atom. The van der Waals surface area contributed by atoms with Gasteiger partial charge in [-0.15, -0.1) is 0 Å². The van der Waals surface area contributed by atoms with Crippen molar-refractivity contribution >= 4 is 17.4 Å². The molecular formula is C12H15FN2S. The number of nitrogens with zero attached hydrogens (tertiary/aromatic N) is 1. The van der Waals surface area contributed by atoms with Crippen LogP contribution < -0.4 is 5.32 Å². The molecule has 0 fully saturated rings. The van der Waals surface area contributed by atoms with Gasteiger partial charge in [0.1, 0.15) is 11.9 Å². The number of rotatable bonds is 6. The predicted octanol–water partition coefficient (Wildman–Crippen LogP) is 3.27. The molecule has 1 N–H and O–H groups in total. The van der Waals surface area contributed by atoms with Gasteiger partial charge in [-0.25, -0.2) is 4.39 Å². The number of nitrogens with one attached hydrogen (secondary N) is 1. The van der Waals surface area contributed by atoms with E-state index in [2.05, 4.69) is 17.6 Å². The lowest BCUT2D eigenvalue weighted by Gasteiger charge is -2.12. The maximum atomic E-state index is 12.7. The van der Waals surface area contributed by atoms with Gasteiger partial charge in [-0.05, 0) is 49.1 Å². The summed E-state index contributed by atoms with van der Waals surface area (Å²) in [5.74, 6) is 0.796. The van der Waals surface area contributed by atoms with Crippen molar-refractivity contribution < 1.29 is 4.39 Å². The lowest BCUT2D eigenvalue weighted by atomic mass is 10.2. The van der Waals surface area contributed by atoms with Crippen molar-refractivity contribution in [1.29, 1.82) is 5.26 Å². The molecule has 1 aromatic rings. The molecule has 16 heavy (non-hydrogen) atoms. The zero-order valence-electron chi connectivity index (χ0n) is 9.24. The lowest BCUT2D eigenvalue weighted by Crippen LogP contribution is -2.17. The van der Waals surface area contributed by atoms with Crippen LogP contribution in [0.15, 0.2) is 24.3 Å². The van der Waals surface area contributed by atoms with Crippen molar-refractivity contribution in [3.05, 3.63) is 30.1 Å². The normalized spacial score (nSPS) is 11.8. The van der Waals surface area contributed by atoms with Crippen molar-refractivity contribution in [2.24, 2.45) is 0 Å². The number of anilines is 1. The Morgan fingerprint density at radius 3 is 2.69 bits per heavy atom. The zero-order valence-corrected chi connectivity index (χ0v) is 10.1. The molecule has 1 aromatic carbocycles. The maximum absolute atomic E-state index is 12.7.